The number of hydrogen-bond acceptors (Lipinski definition) is 3. The Morgan fingerprint density at radius 1 is 0.931 bits per heavy atom. The molecule has 1 aliphatic rings. The number of benzene rings is 2. The van der Waals surface area contributed by atoms with Crippen LogP contribution in [0.2, 0.25) is 0 Å². The molecule has 1 aliphatic heterocycles. The Bertz CT molecular complexity index is 995. The molecule has 0 atom stereocenters. The second-order valence-corrected chi connectivity index (χ2v) is 7.56. The monoisotopic (exact) mass is 390 g/mol. The topological polar surface area (TPSA) is 68.4 Å². The number of rotatable bonds is 4. The predicted molar refractivity (Wildman–Crippen MR) is 115 cm³/mol. The Kier molecular flexibility index (Phi) is 5.25. The van der Waals surface area contributed by atoms with E-state index in [1.807, 2.05) is 72.2 Å². The normalized spacial score (nSPS) is 14.3. The molecule has 6 nitrogen and oxygen atoms in total. The molecule has 6 heteroatoms. The molecule has 1 aromatic heterocycles. The van der Waals surface area contributed by atoms with Gasteiger partial charge in [-0.05, 0) is 37.1 Å². The zero-order chi connectivity index (χ0) is 20.4. The van der Waals surface area contributed by atoms with E-state index >= 15 is 0 Å². The van der Waals surface area contributed by atoms with Crippen LogP contribution in [-0.4, -0.2) is 59.3 Å². The van der Waals surface area contributed by atoms with Gasteiger partial charge in [-0.2, -0.15) is 0 Å². The highest BCUT2D eigenvalue weighted by Gasteiger charge is 2.25. The summed E-state index contributed by atoms with van der Waals surface area (Å²) in [5, 5.41) is 4.31. The quantitative estimate of drug-likeness (QED) is 0.719. The van der Waals surface area contributed by atoms with Crippen molar-refractivity contribution in [3.8, 4) is 0 Å². The van der Waals surface area contributed by atoms with Crippen LogP contribution in [0.15, 0.2) is 48.5 Å². The number of piperazine rings is 1. The van der Waals surface area contributed by atoms with Gasteiger partial charge in [0.2, 0.25) is 5.91 Å². The molecule has 1 saturated heterocycles. The van der Waals surface area contributed by atoms with E-state index in [0.29, 0.717) is 31.9 Å². The summed E-state index contributed by atoms with van der Waals surface area (Å²) >= 11 is 0. The molecule has 0 unspecified atom stereocenters. The summed E-state index contributed by atoms with van der Waals surface area (Å²) in [5.41, 5.74) is 4.84. The van der Waals surface area contributed by atoms with Crippen molar-refractivity contribution >= 4 is 28.4 Å². The highest BCUT2D eigenvalue weighted by molar-refractivity contribution is 5.98. The standard InChI is InChI=1S/C23H26N4O2/c1-16-6-5-7-17(2)22(16)24-15-21(28)26-10-12-27(13-11-26)23(29)20-14-18-8-3-4-9-19(18)25-20/h3-9,14,24-25H,10-13,15H2,1-2H3. The summed E-state index contributed by atoms with van der Waals surface area (Å²) in [6.45, 7) is 6.54. The summed E-state index contributed by atoms with van der Waals surface area (Å²) in [6, 6.07) is 15.8. The summed E-state index contributed by atoms with van der Waals surface area (Å²) in [7, 11) is 0. The molecule has 0 radical (unpaired) electrons. The number of hydrogen-bond donors (Lipinski definition) is 2. The molecule has 29 heavy (non-hydrogen) atoms. The van der Waals surface area contributed by atoms with Gasteiger partial charge in [0.05, 0.1) is 6.54 Å². The van der Waals surface area contributed by atoms with E-state index in [2.05, 4.69) is 10.3 Å². The van der Waals surface area contributed by atoms with Crippen LogP contribution in [0.3, 0.4) is 0 Å². The third kappa shape index (κ3) is 3.97. The first-order valence-corrected chi connectivity index (χ1v) is 9.98. The fraction of sp³-hybridized carbons (Fsp3) is 0.304. The summed E-state index contributed by atoms with van der Waals surface area (Å²) in [5.74, 6) is 0.0484. The number of H-pyrrole nitrogens is 1. The maximum atomic E-state index is 12.8. The Morgan fingerprint density at radius 2 is 1.59 bits per heavy atom. The minimum absolute atomic E-state index is 0.0121. The number of carbonyl (C=O) groups excluding carboxylic acids is 2. The molecule has 4 rings (SSSR count). The van der Waals surface area contributed by atoms with Crippen LogP contribution < -0.4 is 5.32 Å². The molecule has 2 heterocycles. The van der Waals surface area contributed by atoms with Gasteiger partial charge < -0.3 is 20.1 Å². The van der Waals surface area contributed by atoms with Crippen molar-refractivity contribution in [2.75, 3.05) is 38.0 Å². The molecule has 0 aliphatic carbocycles. The minimum atomic E-state index is -0.0121. The number of fused-ring (bicyclic) bond motifs is 1. The number of aryl methyl sites for hydroxylation is 2. The first-order chi connectivity index (χ1) is 14.0. The van der Waals surface area contributed by atoms with Crippen LogP contribution in [0.4, 0.5) is 5.69 Å². The number of anilines is 1. The molecular formula is C23H26N4O2. The van der Waals surface area contributed by atoms with E-state index in [-0.39, 0.29) is 18.4 Å². The van der Waals surface area contributed by atoms with Crippen molar-refractivity contribution < 1.29 is 9.59 Å². The van der Waals surface area contributed by atoms with Gasteiger partial charge >= 0.3 is 0 Å². The van der Waals surface area contributed by atoms with Crippen molar-refractivity contribution in [1.29, 1.82) is 0 Å². The van der Waals surface area contributed by atoms with Crippen molar-refractivity contribution in [3.05, 3.63) is 65.4 Å². The van der Waals surface area contributed by atoms with Gasteiger partial charge in [-0.25, -0.2) is 0 Å². The third-order valence-electron chi connectivity index (χ3n) is 5.58. The molecule has 1 fully saturated rings. The number of nitrogens with one attached hydrogen (secondary N) is 2. The van der Waals surface area contributed by atoms with Crippen molar-refractivity contribution in [1.82, 2.24) is 14.8 Å². The first-order valence-electron chi connectivity index (χ1n) is 9.98. The largest absolute Gasteiger partial charge is 0.376 e. The van der Waals surface area contributed by atoms with E-state index in [9.17, 15) is 9.59 Å². The van der Waals surface area contributed by atoms with Crippen LogP contribution in [0.1, 0.15) is 21.6 Å². The Hall–Kier alpha value is -3.28. The molecular weight excluding hydrogens is 364 g/mol. The molecule has 0 bridgehead atoms. The van der Waals surface area contributed by atoms with E-state index in [1.165, 1.54) is 0 Å². The fourth-order valence-corrected chi connectivity index (χ4v) is 3.89. The Morgan fingerprint density at radius 3 is 2.28 bits per heavy atom. The number of para-hydroxylation sites is 2. The molecule has 2 aromatic carbocycles. The van der Waals surface area contributed by atoms with Crippen LogP contribution in [-0.2, 0) is 4.79 Å². The maximum Gasteiger partial charge on any atom is 0.270 e. The second-order valence-electron chi connectivity index (χ2n) is 7.56. The summed E-state index contributed by atoms with van der Waals surface area (Å²) in [6.07, 6.45) is 0. The average Bonchev–Trinajstić information content (AvgIpc) is 3.17. The van der Waals surface area contributed by atoms with E-state index in [1.54, 1.807) is 0 Å². The van der Waals surface area contributed by atoms with Gasteiger partial charge in [-0.1, -0.05) is 36.4 Å². The van der Waals surface area contributed by atoms with Gasteiger partial charge in [0.25, 0.3) is 5.91 Å². The van der Waals surface area contributed by atoms with Gasteiger partial charge in [-0.3, -0.25) is 9.59 Å². The summed E-state index contributed by atoms with van der Waals surface area (Å²) in [4.78, 5) is 32.3. The fourth-order valence-electron chi connectivity index (χ4n) is 3.89. The second kappa shape index (κ2) is 7.99. The zero-order valence-electron chi connectivity index (χ0n) is 16.9. The Balaban J connectivity index is 1.32. The smallest absolute Gasteiger partial charge is 0.270 e. The number of amides is 2. The van der Waals surface area contributed by atoms with Crippen molar-refractivity contribution in [3.63, 3.8) is 0 Å². The van der Waals surface area contributed by atoms with Crippen molar-refractivity contribution in [2.45, 2.75) is 13.8 Å². The molecule has 0 saturated carbocycles. The highest BCUT2D eigenvalue weighted by atomic mass is 16.2. The van der Waals surface area contributed by atoms with Crippen molar-refractivity contribution in [2.24, 2.45) is 0 Å². The van der Waals surface area contributed by atoms with Gasteiger partial charge in [0.1, 0.15) is 5.69 Å². The molecule has 2 N–H and O–H groups in total. The lowest BCUT2D eigenvalue weighted by Crippen LogP contribution is -2.51. The number of nitrogens with zero attached hydrogens (tertiary/aromatic N) is 2. The first kappa shape index (κ1) is 19.1. The van der Waals surface area contributed by atoms with Gasteiger partial charge in [0.15, 0.2) is 0 Å². The highest BCUT2D eigenvalue weighted by Crippen LogP contribution is 2.20. The Labute approximate surface area is 170 Å². The van der Waals surface area contributed by atoms with Crippen LogP contribution in [0.5, 0.6) is 0 Å². The SMILES string of the molecule is Cc1cccc(C)c1NCC(=O)N1CCN(C(=O)c2cc3ccccc3[nH]2)CC1. The number of aromatic nitrogens is 1. The van der Waals surface area contributed by atoms with E-state index < -0.39 is 0 Å². The van der Waals surface area contributed by atoms with Gasteiger partial charge in [0, 0.05) is 42.8 Å². The predicted octanol–water partition coefficient (Wildman–Crippen LogP) is 3.18. The molecule has 2 amide bonds. The lowest BCUT2D eigenvalue weighted by atomic mass is 10.1. The molecule has 0 spiro atoms. The van der Waals surface area contributed by atoms with E-state index in [0.717, 1.165) is 27.7 Å². The molecule has 3 aromatic rings. The van der Waals surface area contributed by atoms with Crippen LogP contribution >= 0.6 is 0 Å². The zero-order valence-corrected chi connectivity index (χ0v) is 16.9. The third-order valence-corrected chi connectivity index (χ3v) is 5.58. The number of carbonyl (C=O) groups is 2. The number of aromatic amines is 1. The van der Waals surface area contributed by atoms with E-state index in [4.69, 9.17) is 0 Å². The average molecular weight is 390 g/mol. The lowest BCUT2D eigenvalue weighted by molar-refractivity contribution is -0.130. The van der Waals surface area contributed by atoms with Crippen LogP contribution in [0, 0.1) is 13.8 Å². The summed E-state index contributed by atoms with van der Waals surface area (Å²) < 4.78 is 0. The lowest BCUT2D eigenvalue weighted by Gasteiger charge is -2.34. The van der Waals surface area contributed by atoms with Gasteiger partial charge in [-0.15, -0.1) is 0 Å². The minimum Gasteiger partial charge on any atom is -0.376 e. The van der Waals surface area contributed by atoms with Crippen LogP contribution in [0.25, 0.3) is 10.9 Å². The maximum absolute atomic E-state index is 12.8. The molecule has 150 valence electrons.